The van der Waals surface area contributed by atoms with Gasteiger partial charge in [-0.15, -0.1) is 11.3 Å². The van der Waals surface area contributed by atoms with E-state index in [1.807, 2.05) is 35.7 Å². The van der Waals surface area contributed by atoms with Crippen LogP contribution in [0.3, 0.4) is 0 Å². The van der Waals surface area contributed by atoms with Gasteiger partial charge in [0, 0.05) is 5.56 Å². The van der Waals surface area contributed by atoms with Crippen LogP contribution in [0.15, 0.2) is 35.7 Å². The monoisotopic (exact) mass is 272 g/mol. The SMILES string of the molecule is CCc1ccsc1C(=O)c1cccc(OC2CC2)c1. The number of carbonyl (C=O) groups is 1. The molecule has 19 heavy (non-hydrogen) atoms. The van der Waals surface area contributed by atoms with Crippen LogP contribution in [0, 0.1) is 0 Å². The van der Waals surface area contributed by atoms with Crippen molar-refractivity contribution in [3.63, 3.8) is 0 Å². The van der Waals surface area contributed by atoms with Gasteiger partial charge in [-0.2, -0.15) is 0 Å². The van der Waals surface area contributed by atoms with Crippen molar-refractivity contribution in [2.75, 3.05) is 0 Å². The Kier molecular flexibility index (Phi) is 3.38. The number of hydrogen-bond acceptors (Lipinski definition) is 3. The predicted molar refractivity (Wildman–Crippen MR) is 77.2 cm³/mol. The smallest absolute Gasteiger partial charge is 0.203 e. The average Bonchev–Trinajstić information content (AvgIpc) is 3.11. The first-order valence-electron chi connectivity index (χ1n) is 6.65. The van der Waals surface area contributed by atoms with Gasteiger partial charge < -0.3 is 4.74 Å². The molecule has 1 fully saturated rings. The second-order valence-corrected chi connectivity index (χ2v) is 5.72. The van der Waals surface area contributed by atoms with Crippen molar-refractivity contribution in [2.24, 2.45) is 0 Å². The van der Waals surface area contributed by atoms with E-state index in [0.717, 1.165) is 41.0 Å². The number of hydrogen-bond donors (Lipinski definition) is 0. The maximum absolute atomic E-state index is 12.5. The van der Waals surface area contributed by atoms with Crippen molar-refractivity contribution in [3.05, 3.63) is 51.7 Å². The zero-order valence-electron chi connectivity index (χ0n) is 10.9. The van der Waals surface area contributed by atoms with Gasteiger partial charge in [0.15, 0.2) is 0 Å². The molecule has 1 aromatic carbocycles. The van der Waals surface area contributed by atoms with E-state index in [-0.39, 0.29) is 5.78 Å². The van der Waals surface area contributed by atoms with Gasteiger partial charge in [-0.05, 0) is 48.4 Å². The Bertz CT molecular complexity index is 596. The Labute approximate surface area is 117 Å². The summed E-state index contributed by atoms with van der Waals surface area (Å²) in [7, 11) is 0. The van der Waals surface area contributed by atoms with Crippen molar-refractivity contribution in [1.29, 1.82) is 0 Å². The van der Waals surface area contributed by atoms with E-state index in [0.29, 0.717) is 6.10 Å². The minimum absolute atomic E-state index is 0.105. The highest BCUT2D eigenvalue weighted by Crippen LogP contribution is 2.28. The molecule has 0 unspecified atom stereocenters. The number of benzene rings is 1. The summed E-state index contributed by atoms with van der Waals surface area (Å²) in [6, 6.07) is 9.57. The summed E-state index contributed by atoms with van der Waals surface area (Å²) >= 11 is 1.52. The highest BCUT2D eigenvalue weighted by Gasteiger charge is 2.24. The van der Waals surface area contributed by atoms with Gasteiger partial charge in [-0.3, -0.25) is 4.79 Å². The second kappa shape index (κ2) is 5.17. The summed E-state index contributed by atoms with van der Waals surface area (Å²) < 4.78 is 5.74. The van der Waals surface area contributed by atoms with E-state index >= 15 is 0 Å². The highest BCUT2D eigenvalue weighted by molar-refractivity contribution is 7.12. The molecule has 3 rings (SSSR count). The molecule has 1 aliphatic carbocycles. The van der Waals surface area contributed by atoms with Crippen LogP contribution in [0.5, 0.6) is 5.75 Å². The van der Waals surface area contributed by atoms with Gasteiger partial charge in [0.05, 0.1) is 11.0 Å². The number of rotatable bonds is 5. The normalized spacial score (nSPS) is 14.4. The Hall–Kier alpha value is -1.61. The lowest BCUT2D eigenvalue weighted by atomic mass is 10.1. The Morgan fingerprint density at radius 3 is 2.95 bits per heavy atom. The summed E-state index contributed by atoms with van der Waals surface area (Å²) in [6.45, 7) is 2.07. The molecule has 3 heteroatoms. The first-order chi connectivity index (χ1) is 9.28. The molecule has 0 atom stereocenters. The van der Waals surface area contributed by atoms with E-state index in [1.54, 1.807) is 0 Å². The minimum atomic E-state index is 0.105. The van der Waals surface area contributed by atoms with Gasteiger partial charge in [0.25, 0.3) is 0 Å². The molecular weight excluding hydrogens is 256 g/mol. The van der Waals surface area contributed by atoms with Crippen LogP contribution in [-0.4, -0.2) is 11.9 Å². The molecule has 1 aliphatic rings. The van der Waals surface area contributed by atoms with Crippen LogP contribution >= 0.6 is 11.3 Å². The van der Waals surface area contributed by atoms with Gasteiger partial charge in [-0.1, -0.05) is 19.1 Å². The number of thiophene rings is 1. The van der Waals surface area contributed by atoms with Crippen LogP contribution in [-0.2, 0) is 6.42 Å². The van der Waals surface area contributed by atoms with Gasteiger partial charge >= 0.3 is 0 Å². The van der Waals surface area contributed by atoms with Gasteiger partial charge in [0.1, 0.15) is 5.75 Å². The third-order valence-corrected chi connectivity index (χ3v) is 4.21. The van der Waals surface area contributed by atoms with Crippen molar-refractivity contribution in [2.45, 2.75) is 32.3 Å². The fourth-order valence-corrected chi connectivity index (χ4v) is 2.99. The number of aryl methyl sites for hydroxylation is 1. The molecule has 1 aromatic heterocycles. The molecule has 1 saturated carbocycles. The molecule has 0 bridgehead atoms. The zero-order chi connectivity index (χ0) is 13.2. The molecule has 0 aliphatic heterocycles. The largest absolute Gasteiger partial charge is 0.490 e. The average molecular weight is 272 g/mol. The maximum Gasteiger partial charge on any atom is 0.203 e. The number of carbonyl (C=O) groups excluding carboxylic acids is 1. The van der Waals surface area contributed by atoms with Crippen LogP contribution in [0.4, 0.5) is 0 Å². The van der Waals surface area contributed by atoms with E-state index in [4.69, 9.17) is 4.74 Å². The topological polar surface area (TPSA) is 26.3 Å². The van der Waals surface area contributed by atoms with Crippen LogP contribution in [0.2, 0.25) is 0 Å². The van der Waals surface area contributed by atoms with Crippen molar-refractivity contribution < 1.29 is 9.53 Å². The number of ether oxygens (including phenoxy) is 1. The maximum atomic E-state index is 12.5. The Balaban J connectivity index is 1.86. The summed E-state index contributed by atoms with van der Waals surface area (Å²) in [5.41, 5.74) is 1.85. The lowest BCUT2D eigenvalue weighted by Gasteiger charge is -2.06. The molecule has 98 valence electrons. The summed E-state index contributed by atoms with van der Waals surface area (Å²) in [4.78, 5) is 13.3. The second-order valence-electron chi connectivity index (χ2n) is 4.80. The summed E-state index contributed by atoms with van der Waals surface area (Å²) in [5.74, 6) is 0.913. The van der Waals surface area contributed by atoms with Crippen molar-refractivity contribution in [3.8, 4) is 5.75 Å². The summed E-state index contributed by atoms with van der Waals surface area (Å²) in [5, 5.41) is 1.98. The quantitative estimate of drug-likeness (QED) is 0.766. The first-order valence-corrected chi connectivity index (χ1v) is 7.53. The molecule has 0 saturated heterocycles. The van der Waals surface area contributed by atoms with E-state index in [1.165, 1.54) is 11.3 Å². The highest BCUT2D eigenvalue weighted by atomic mass is 32.1. The lowest BCUT2D eigenvalue weighted by Crippen LogP contribution is -2.03. The third kappa shape index (κ3) is 2.71. The molecule has 2 aromatic rings. The van der Waals surface area contributed by atoms with Gasteiger partial charge in [-0.25, -0.2) is 0 Å². The van der Waals surface area contributed by atoms with Crippen LogP contribution in [0.25, 0.3) is 0 Å². The molecule has 1 heterocycles. The standard InChI is InChI=1S/C16H16O2S/c1-2-11-8-9-19-16(11)15(17)12-4-3-5-14(10-12)18-13-6-7-13/h3-5,8-10,13H,2,6-7H2,1H3. The molecule has 0 N–H and O–H groups in total. The first kappa shape index (κ1) is 12.4. The van der Waals surface area contributed by atoms with Crippen LogP contribution < -0.4 is 4.74 Å². The minimum Gasteiger partial charge on any atom is -0.490 e. The third-order valence-electron chi connectivity index (χ3n) is 3.26. The van der Waals surface area contributed by atoms with E-state index in [2.05, 4.69) is 6.92 Å². The van der Waals surface area contributed by atoms with Gasteiger partial charge in [0.2, 0.25) is 5.78 Å². The molecule has 0 amide bonds. The Morgan fingerprint density at radius 2 is 2.21 bits per heavy atom. The number of ketones is 1. The molecule has 0 radical (unpaired) electrons. The van der Waals surface area contributed by atoms with E-state index < -0.39 is 0 Å². The predicted octanol–water partition coefficient (Wildman–Crippen LogP) is 4.08. The van der Waals surface area contributed by atoms with Crippen molar-refractivity contribution >= 4 is 17.1 Å². The zero-order valence-corrected chi connectivity index (χ0v) is 11.7. The molecule has 2 nitrogen and oxygen atoms in total. The molecule has 0 spiro atoms. The van der Waals surface area contributed by atoms with E-state index in [9.17, 15) is 4.79 Å². The Morgan fingerprint density at radius 1 is 1.37 bits per heavy atom. The fourth-order valence-electron chi connectivity index (χ4n) is 2.03. The summed E-state index contributed by atoms with van der Waals surface area (Å²) in [6.07, 6.45) is 3.51. The molecular formula is C16H16O2S. The lowest BCUT2D eigenvalue weighted by molar-refractivity contribution is 0.104. The van der Waals surface area contributed by atoms with Crippen molar-refractivity contribution in [1.82, 2.24) is 0 Å². The van der Waals surface area contributed by atoms with Crippen LogP contribution in [0.1, 0.15) is 40.6 Å². The fraction of sp³-hybridized carbons (Fsp3) is 0.312.